The number of hydrogen-bond donors (Lipinski definition) is 4. The molecule has 11 heteroatoms. The maximum absolute atomic E-state index is 12.5. The highest BCUT2D eigenvalue weighted by Gasteiger charge is 2.32. The Morgan fingerprint density at radius 1 is 1.22 bits per heavy atom. The van der Waals surface area contributed by atoms with Crippen molar-refractivity contribution >= 4 is 21.8 Å². The molecule has 0 bridgehead atoms. The fourth-order valence-electron chi connectivity index (χ4n) is 3.51. The summed E-state index contributed by atoms with van der Waals surface area (Å²) in [5, 5.41) is 32.3. The number of aliphatic hydroxyl groups is 2. The first-order valence-electron chi connectivity index (χ1n) is 10.6. The molecular weight excluding hydrogens is 436 g/mol. The van der Waals surface area contributed by atoms with Gasteiger partial charge in [0.05, 0.1) is 25.4 Å². The van der Waals surface area contributed by atoms with Crippen LogP contribution in [0.5, 0.6) is 0 Å². The van der Waals surface area contributed by atoms with Crippen LogP contribution >= 0.6 is 0 Å². The van der Waals surface area contributed by atoms with E-state index in [-0.39, 0.29) is 19.6 Å². The molecule has 0 amide bonds. The summed E-state index contributed by atoms with van der Waals surface area (Å²) in [4.78, 5) is 1.87. The smallest absolute Gasteiger partial charge is 0.250 e. The molecular formula is C21H30N4O6S. The number of benzene rings is 1. The fourth-order valence-corrected chi connectivity index (χ4v) is 4.46. The number of morpholine rings is 1. The molecule has 3 atom stereocenters. The van der Waals surface area contributed by atoms with Gasteiger partial charge in [0, 0.05) is 45.0 Å². The lowest BCUT2D eigenvalue weighted by molar-refractivity contribution is -0.131. The van der Waals surface area contributed by atoms with Gasteiger partial charge >= 0.3 is 0 Å². The van der Waals surface area contributed by atoms with Gasteiger partial charge in [-0.3, -0.25) is 4.90 Å². The molecule has 2 heterocycles. The first-order chi connectivity index (χ1) is 15.4. The Kier molecular flexibility index (Phi) is 9.01. The normalized spacial score (nSPS) is 25.3. The Morgan fingerprint density at radius 2 is 1.94 bits per heavy atom. The van der Waals surface area contributed by atoms with Gasteiger partial charge in [-0.25, -0.2) is 13.1 Å². The van der Waals surface area contributed by atoms with Crippen LogP contribution in [0, 0.1) is 11.3 Å². The number of nitrogens with one attached hydrogen (secondary N) is 2. The number of allylic oxidation sites excluding steroid dienone is 1. The predicted molar refractivity (Wildman–Crippen MR) is 119 cm³/mol. The van der Waals surface area contributed by atoms with Gasteiger partial charge in [-0.1, -0.05) is 12.1 Å². The van der Waals surface area contributed by atoms with E-state index >= 15 is 0 Å². The summed E-state index contributed by atoms with van der Waals surface area (Å²) in [6.07, 6.45) is -1.47. The van der Waals surface area contributed by atoms with Crippen LogP contribution in [-0.4, -0.2) is 94.4 Å². The van der Waals surface area contributed by atoms with Crippen molar-refractivity contribution in [2.75, 3.05) is 57.9 Å². The highest BCUT2D eigenvalue weighted by Crippen LogP contribution is 2.17. The number of ether oxygens (including phenoxy) is 2. The number of nitriles is 1. The molecule has 2 fully saturated rings. The summed E-state index contributed by atoms with van der Waals surface area (Å²) < 4.78 is 38.0. The van der Waals surface area contributed by atoms with Crippen molar-refractivity contribution in [3.8, 4) is 6.07 Å². The Morgan fingerprint density at radius 3 is 2.62 bits per heavy atom. The standard InChI is InChI=1S/C21H30N4O6S/c22-14-18(32(28,29)24-15-20-21(27)19(26)5-10-31-20)13-16-1-3-17(4-2-16)23-6-7-25-8-11-30-12-9-25/h1-4,13,19-21,23-24,26-27H,5-12,15H2/b18-13+/t19-,20-,21+/m1/s1. The summed E-state index contributed by atoms with van der Waals surface area (Å²) in [6.45, 7) is 5.04. The number of aliphatic hydroxyl groups excluding tert-OH is 2. The Hall–Kier alpha value is -2.04. The summed E-state index contributed by atoms with van der Waals surface area (Å²) in [5.41, 5.74) is 1.46. The molecule has 2 saturated heterocycles. The minimum Gasteiger partial charge on any atom is -0.390 e. The maximum Gasteiger partial charge on any atom is 0.250 e. The lowest BCUT2D eigenvalue weighted by Crippen LogP contribution is -2.49. The number of nitrogens with zero attached hydrogens (tertiary/aromatic N) is 2. The molecule has 2 aliphatic heterocycles. The van der Waals surface area contributed by atoms with E-state index in [9.17, 15) is 23.9 Å². The molecule has 4 N–H and O–H groups in total. The van der Waals surface area contributed by atoms with Crippen molar-refractivity contribution in [1.29, 1.82) is 5.26 Å². The van der Waals surface area contributed by atoms with E-state index in [0.717, 1.165) is 45.1 Å². The van der Waals surface area contributed by atoms with Gasteiger partial charge in [0.15, 0.2) is 4.91 Å². The van der Waals surface area contributed by atoms with Crippen LogP contribution in [0.25, 0.3) is 6.08 Å². The summed E-state index contributed by atoms with van der Waals surface area (Å²) in [5.74, 6) is 0. The zero-order chi connectivity index (χ0) is 23.0. The highest BCUT2D eigenvalue weighted by atomic mass is 32.2. The molecule has 0 aliphatic carbocycles. The van der Waals surface area contributed by atoms with E-state index < -0.39 is 33.2 Å². The highest BCUT2D eigenvalue weighted by molar-refractivity contribution is 7.93. The van der Waals surface area contributed by atoms with Crippen LogP contribution in [0.15, 0.2) is 29.2 Å². The molecule has 0 saturated carbocycles. The molecule has 0 spiro atoms. The van der Waals surface area contributed by atoms with Gasteiger partial charge in [0.1, 0.15) is 12.2 Å². The molecule has 176 valence electrons. The average molecular weight is 467 g/mol. The number of sulfonamides is 1. The second kappa shape index (κ2) is 11.7. The van der Waals surface area contributed by atoms with E-state index in [0.29, 0.717) is 5.56 Å². The molecule has 2 aliphatic rings. The predicted octanol–water partition coefficient (Wildman–Crippen LogP) is -0.275. The molecule has 0 aromatic heterocycles. The lowest BCUT2D eigenvalue weighted by Gasteiger charge is -2.31. The van der Waals surface area contributed by atoms with Crippen LogP contribution in [0.3, 0.4) is 0 Å². The van der Waals surface area contributed by atoms with E-state index in [1.807, 2.05) is 12.1 Å². The van der Waals surface area contributed by atoms with Crippen molar-refractivity contribution < 1.29 is 28.1 Å². The quantitative estimate of drug-likeness (QED) is 0.361. The SMILES string of the molecule is N#C/C(=C\c1ccc(NCCN2CCOCC2)cc1)S(=O)(=O)NC[C@H]1OCC[C@@H](O)[C@@H]1O. The van der Waals surface area contributed by atoms with Crippen molar-refractivity contribution in [2.24, 2.45) is 0 Å². The molecule has 32 heavy (non-hydrogen) atoms. The van der Waals surface area contributed by atoms with Gasteiger partial charge < -0.3 is 25.0 Å². The summed E-state index contributed by atoms with van der Waals surface area (Å²) >= 11 is 0. The third-order valence-electron chi connectivity index (χ3n) is 5.46. The third-order valence-corrected chi connectivity index (χ3v) is 6.80. The Bertz CT molecular complexity index is 909. The van der Waals surface area contributed by atoms with Gasteiger partial charge in [0.2, 0.25) is 0 Å². The molecule has 1 aromatic carbocycles. The molecule has 0 unspecified atom stereocenters. The summed E-state index contributed by atoms with van der Waals surface area (Å²) in [7, 11) is -4.10. The second-order valence-electron chi connectivity index (χ2n) is 7.73. The van der Waals surface area contributed by atoms with E-state index in [2.05, 4.69) is 14.9 Å². The second-order valence-corrected chi connectivity index (χ2v) is 9.47. The van der Waals surface area contributed by atoms with Crippen LogP contribution < -0.4 is 10.0 Å². The largest absolute Gasteiger partial charge is 0.390 e. The molecule has 1 aromatic rings. The maximum atomic E-state index is 12.5. The topological polar surface area (TPSA) is 144 Å². The van der Waals surface area contributed by atoms with Gasteiger partial charge in [-0.2, -0.15) is 5.26 Å². The van der Waals surface area contributed by atoms with Crippen LogP contribution in [0.2, 0.25) is 0 Å². The first-order valence-corrected chi connectivity index (χ1v) is 12.1. The molecule has 3 rings (SSSR count). The van der Waals surface area contributed by atoms with Crippen LogP contribution in [0.4, 0.5) is 5.69 Å². The third kappa shape index (κ3) is 6.98. The van der Waals surface area contributed by atoms with Crippen molar-refractivity contribution in [2.45, 2.75) is 24.7 Å². The van der Waals surface area contributed by atoms with Crippen LogP contribution in [0.1, 0.15) is 12.0 Å². The van der Waals surface area contributed by atoms with Crippen molar-refractivity contribution in [3.63, 3.8) is 0 Å². The minimum absolute atomic E-state index is 0.221. The molecule has 10 nitrogen and oxygen atoms in total. The average Bonchev–Trinajstić information content (AvgIpc) is 2.80. The lowest BCUT2D eigenvalue weighted by atomic mass is 10.0. The monoisotopic (exact) mass is 466 g/mol. The number of anilines is 1. The zero-order valence-corrected chi connectivity index (χ0v) is 18.6. The van der Waals surface area contributed by atoms with E-state index in [1.54, 1.807) is 18.2 Å². The first kappa shape index (κ1) is 24.6. The van der Waals surface area contributed by atoms with Gasteiger partial charge in [0.25, 0.3) is 10.0 Å². The number of rotatable bonds is 9. The fraction of sp³-hybridized carbons (Fsp3) is 0.571. The zero-order valence-electron chi connectivity index (χ0n) is 17.8. The minimum atomic E-state index is -4.10. The van der Waals surface area contributed by atoms with E-state index in [4.69, 9.17) is 9.47 Å². The summed E-state index contributed by atoms with van der Waals surface area (Å²) in [6, 6.07) is 8.83. The van der Waals surface area contributed by atoms with Gasteiger partial charge in [-0.15, -0.1) is 0 Å². The van der Waals surface area contributed by atoms with Crippen LogP contribution in [-0.2, 0) is 19.5 Å². The van der Waals surface area contributed by atoms with Gasteiger partial charge in [-0.05, 0) is 30.2 Å². The van der Waals surface area contributed by atoms with Crippen molar-refractivity contribution in [3.05, 3.63) is 34.7 Å². The van der Waals surface area contributed by atoms with Crippen molar-refractivity contribution in [1.82, 2.24) is 9.62 Å². The Labute approximate surface area is 188 Å². The number of hydrogen-bond acceptors (Lipinski definition) is 9. The Balaban J connectivity index is 1.54. The molecule has 0 radical (unpaired) electrons. The van der Waals surface area contributed by atoms with E-state index in [1.165, 1.54) is 6.08 Å².